The van der Waals surface area contributed by atoms with E-state index in [1.165, 1.54) is 11.1 Å². The highest BCUT2D eigenvalue weighted by atomic mass is 31.2. The Bertz CT molecular complexity index is 612. The van der Waals surface area contributed by atoms with Crippen LogP contribution in [-0.4, -0.2) is 5.78 Å². The van der Waals surface area contributed by atoms with Crippen LogP contribution in [0.1, 0.15) is 31.9 Å². The molecule has 0 fully saturated rings. The third-order valence-corrected chi connectivity index (χ3v) is 5.56. The highest BCUT2D eigenvalue weighted by Crippen LogP contribution is 2.50. The molecule has 0 aromatic heterocycles. The molecule has 2 N–H and O–H groups in total. The fourth-order valence-electron chi connectivity index (χ4n) is 2.05. The highest BCUT2D eigenvalue weighted by Gasteiger charge is 2.33. The fourth-order valence-corrected chi connectivity index (χ4v) is 3.25. The Morgan fingerprint density at radius 2 is 1.22 bits per heavy atom. The van der Waals surface area contributed by atoms with Crippen LogP contribution in [0.5, 0.6) is 11.5 Å². The molecule has 0 saturated carbocycles. The molecule has 4 nitrogen and oxygen atoms in total. The molecular weight excluding hydrogens is 309 g/mol. The minimum absolute atomic E-state index is 0.494. The van der Waals surface area contributed by atoms with Crippen LogP contribution in [0.2, 0.25) is 0 Å². The molecule has 124 valence electrons. The average molecular weight is 333 g/mol. The standard InChI is InChI=1S/C18H24NO3P/c1-4-15-6-10-17(11-7-15)21-23(20,14(3)19)22-18-12-8-16(5-2)9-13-18/h6-14H,4-5,19H2,1-3H3. The Balaban J connectivity index is 2.18. The summed E-state index contributed by atoms with van der Waals surface area (Å²) < 4.78 is 24.3. The lowest BCUT2D eigenvalue weighted by atomic mass is 10.2. The van der Waals surface area contributed by atoms with Crippen molar-refractivity contribution in [2.24, 2.45) is 5.73 Å². The molecule has 0 bridgehead atoms. The van der Waals surface area contributed by atoms with E-state index in [0.717, 1.165) is 12.8 Å². The summed E-state index contributed by atoms with van der Waals surface area (Å²) >= 11 is 0. The van der Waals surface area contributed by atoms with Gasteiger partial charge in [-0.2, -0.15) is 0 Å². The molecule has 0 spiro atoms. The Labute approximate surface area is 138 Å². The fraction of sp³-hybridized carbons (Fsp3) is 0.333. The van der Waals surface area contributed by atoms with Crippen LogP contribution >= 0.6 is 7.60 Å². The summed E-state index contributed by atoms with van der Waals surface area (Å²) in [5.41, 5.74) is 8.23. The van der Waals surface area contributed by atoms with Gasteiger partial charge in [-0.05, 0) is 55.2 Å². The van der Waals surface area contributed by atoms with Gasteiger partial charge in [0, 0.05) is 0 Å². The summed E-state index contributed by atoms with van der Waals surface area (Å²) in [6.45, 7) is 5.78. The third kappa shape index (κ3) is 4.60. The van der Waals surface area contributed by atoms with E-state index in [4.69, 9.17) is 14.8 Å². The van der Waals surface area contributed by atoms with E-state index in [-0.39, 0.29) is 0 Å². The molecule has 5 heteroatoms. The van der Waals surface area contributed by atoms with Gasteiger partial charge in [0.25, 0.3) is 0 Å². The minimum atomic E-state index is -3.50. The van der Waals surface area contributed by atoms with Gasteiger partial charge < -0.3 is 14.8 Å². The predicted molar refractivity (Wildman–Crippen MR) is 94.2 cm³/mol. The van der Waals surface area contributed by atoms with Crippen molar-refractivity contribution in [3.8, 4) is 11.5 Å². The zero-order valence-electron chi connectivity index (χ0n) is 13.9. The van der Waals surface area contributed by atoms with Crippen LogP contribution < -0.4 is 14.8 Å². The lowest BCUT2D eigenvalue weighted by Gasteiger charge is -2.23. The monoisotopic (exact) mass is 333 g/mol. The van der Waals surface area contributed by atoms with Gasteiger partial charge in [0.05, 0.1) is 0 Å². The predicted octanol–water partition coefficient (Wildman–Crippen LogP) is 4.77. The first-order valence-corrected chi connectivity index (χ1v) is 9.50. The van der Waals surface area contributed by atoms with Crippen molar-refractivity contribution in [1.82, 2.24) is 0 Å². The van der Waals surface area contributed by atoms with Crippen LogP contribution in [0, 0.1) is 0 Å². The van der Waals surface area contributed by atoms with E-state index in [9.17, 15) is 4.57 Å². The second-order valence-corrected chi connectivity index (χ2v) is 7.72. The van der Waals surface area contributed by atoms with Crippen LogP contribution in [0.4, 0.5) is 0 Å². The summed E-state index contributed by atoms with van der Waals surface area (Å²) in [6.07, 6.45) is 1.87. The van der Waals surface area contributed by atoms with Gasteiger partial charge in [0.15, 0.2) is 0 Å². The number of aryl methyl sites for hydroxylation is 2. The van der Waals surface area contributed by atoms with Crippen molar-refractivity contribution < 1.29 is 13.6 Å². The summed E-state index contributed by atoms with van der Waals surface area (Å²) in [5.74, 6) is 0.250. The van der Waals surface area contributed by atoms with Gasteiger partial charge in [-0.3, -0.25) is 0 Å². The SMILES string of the molecule is CCc1ccc(OP(=O)(Oc2ccc(CC)cc2)C(C)N)cc1. The summed E-state index contributed by atoms with van der Waals surface area (Å²) in [6, 6.07) is 14.9. The van der Waals surface area contributed by atoms with Gasteiger partial charge >= 0.3 is 7.60 Å². The molecule has 1 unspecified atom stereocenters. The summed E-state index contributed by atoms with van der Waals surface area (Å²) in [7, 11) is -3.50. The zero-order valence-corrected chi connectivity index (χ0v) is 14.8. The van der Waals surface area contributed by atoms with Crippen molar-refractivity contribution in [2.45, 2.75) is 39.4 Å². The van der Waals surface area contributed by atoms with Crippen LogP contribution in [0.15, 0.2) is 48.5 Å². The largest absolute Gasteiger partial charge is 0.447 e. The lowest BCUT2D eigenvalue weighted by Crippen LogP contribution is -2.22. The van der Waals surface area contributed by atoms with Crippen LogP contribution in [-0.2, 0) is 17.4 Å². The van der Waals surface area contributed by atoms with Crippen molar-refractivity contribution >= 4 is 7.60 Å². The molecule has 0 aliphatic carbocycles. The summed E-state index contributed by atoms with van der Waals surface area (Å²) in [5, 5.41) is 0. The maximum absolute atomic E-state index is 13.0. The molecular formula is C18H24NO3P. The molecule has 0 aliphatic heterocycles. The van der Waals surface area contributed by atoms with Crippen molar-refractivity contribution in [3.63, 3.8) is 0 Å². The quantitative estimate of drug-likeness (QED) is 0.742. The number of rotatable bonds is 7. The molecule has 23 heavy (non-hydrogen) atoms. The number of nitrogens with two attached hydrogens (primary N) is 1. The first-order valence-electron chi connectivity index (χ1n) is 7.89. The maximum atomic E-state index is 13.0. The van der Waals surface area contributed by atoms with Gasteiger partial charge in [-0.15, -0.1) is 0 Å². The molecule has 2 aromatic rings. The van der Waals surface area contributed by atoms with Crippen LogP contribution in [0.3, 0.4) is 0 Å². The number of hydrogen-bond donors (Lipinski definition) is 1. The van der Waals surface area contributed by atoms with Crippen molar-refractivity contribution in [1.29, 1.82) is 0 Å². The average Bonchev–Trinajstić information content (AvgIpc) is 2.56. The van der Waals surface area contributed by atoms with E-state index in [1.807, 2.05) is 24.3 Å². The van der Waals surface area contributed by atoms with Crippen molar-refractivity contribution in [2.75, 3.05) is 0 Å². The van der Waals surface area contributed by atoms with E-state index in [2.05, 4.69) is 13.8 Å². The van der Waals surface area contributed by atoms with Gasteiger partial charge in [-0.25, -0.2) is 4.57 Å². The molecule has 0 amide bonds. The molecule has 0 radical (unpaired) electrons. The zero-order chi connectivity index (χ0) is 16.9. The maximum Gasteiger partial charge on any atom is 0.447 e. The molecule has 0 heterocycles. The lowest BCUT2D eigenvalue weighted by molar-refractivity contribution is 0.375. The first-order chi connectivity index (χ1) is 11.0. The van der Waals surface area contributed by atoms with Crippen molar-refractivity contribution in [3.05, 3.63) is 59.7 Å². The Morgan fingerprint density at radius 1 is 0.870 bits per heavy atom. The Morgan fingerprint density at radius 3 is 1.48 bits per heavy atom. The van der Waals surface area contributed by atoms with Gasteiger partial charge in [0.1, 0.15) is 17.3 Å². The molecule has 0 saturated heterocycles. The number of hydrogen-bond acceptors (Lipinski definition) is 4. The highest BCUT2D eigenvalue weighted by molar-refractivity contribution is 7.55. The Kier molecular flexibility index (Phi) is 5.86. The van der Waals surface area contributed by atoms with Gasteiger partial charge in [0.2, 0.25) is 0 Å². The normalized spacial score (nSPS) is 12.7. The van der Waals surface area contributed by atoms with E-state index in [1.54, 1.807) is 31.2 Å². The molecule has 0 aliphatic rings. The molecule has 1 atom stereocenters. The van der Waals surface area contributed by atoms with E-state index >= 15 is 0 Å². The van der Waals surface area contributed by atoms with Crippen LogP contribution in [0.25, 0.3) is 0 Å². The first kappa shape index (κ1) is 17.6. The summed E-state index contributed by atoms with van der Waals surface area (Å²) in [4.78, 5) is 0. The third-order valence-electron chi connectivity index (χ3n) is 3.63. The second kappa shape index (κ2) is 7.67. The smallest absolute Gasteiger partial charge is 0.415 e. The topological polar surface area (TPSA) is 61.5 Å². The minimum Gasteiger partial charge on any atom is -0.415 e. The molecule has 2 aromatic carbocycles. The van der Waals surface area contributed by atoms with E-state index in [0.29, 0.717) is 11.5 Å². The van der Waals surface area contributed by atoms with E-state index < -0.39 is 13.4 Å². The van der Waals surface area contributed by atoms with Gasteiger partial charge in [-0.1, -0.05) is 38.1 Å². The number of benzene rings is 2. The second-order valence-electron chi connectivity index (χ2n) is 5.46. The Hall–Kier alpha value is -1.77. The molecule has 2 rings (SSSR count).